The van der Waals surface area contributed by atoms with Crippen LogP contribution in [-0.2, 0) is 9.59 Å². The fourth-order valence-electron chi connectivity index (χ4n) is 2.57. The topological polar surface area (TPSA) is 69.6 Å². The van der Waals surface area contributed by atoms with E-state index in [1.165, 1.54) is 16.7 Å². The number of carbonyl (C=O) groups is 2. The summed E-state index contributed by atoms with van der Waals surface area (Å²) in [5, 5.41) is 12.3. The van der Waals surface area contributed by atoms with E-state index in [0.29, 0.717) is 18.2 Å². The van der Waals surface area contributed by atoms with Crippen molar-refractivity contribution < 1.29 is 14.7 Å². The van der Waals surface area contributed by atoms with Crippen LogP contribution in [0, 0.1) is 0 Å². The second-order valence-electron chi connectivity index (χ2n) is 4.68. The van der Waals surface area contributed by atoms with Crippen molar-refractivity contribution in [3.63, 3.8) is 0 Å². The summed E-state index contributed by atoms with van der Waals surface area (Å²) in [4.78, 5) is 25.2. The smallest absolute Gasteiger partial charge is 0.327 e. The Bertz CT molecular complexity index is 534. The predicted octanol–water partition coefficient (Wildman–Crippen LogP) is 1.18. The standard InChI is InChI=1S/C13H14N2O3S/c16-12(15-7-19-6-11(15)13(17)18)9-5-14-10-4-2-1-3-8(9)10/h1-4,9,11,14H,5-7H2,(H,17,18). The second kappa shape index (κ2) is 4.77. The number of amides is 1. The highest BCUT2D eigenvalue weighted by Crippen LogP contribution is 2.34. The Hall–Kier alpha value is -1.69. The number of nitrogens with one attached hydrogen (secondary N) is 1. The Morgan fingerprint density at radius 1 is 1.37 bits per heavy atom. The van der Waals surface area contributed by atoms with Crippen LogP contribution in [-0.4, -0.2) is 46.1 Å². The summed E-state index contributed by atoms with van der Waals surface area (Å²) >= 11 is 1.49. The van der Waals surface area contributed by atoms with Crippen LogP contribution in [0.5, 0.6) is 0 Å². The Kier molecular flexibility index (Phi) is 3.10. The van der Waals surface area contributed by atoms with Crippen molar-refractivity contribution >= 4 is 29.3 Å². The fraction of sp³-hybridized carbons (Fsp3) is 0.385. The Balaban J connectivity index is 1.84. The lowest BCUT2D eigenvalue weighted by molar-refractivity contribution is -0.148. The third kappa shape index (κ3) is 2.06. The molecule has 6 heteroatoms. The highest BCUT2D eigenvalue weighted by Gasteiger charge is 2.39. The molecule has 2 aliphatic heterocycles. The van der Waals surface area contributed by atoms with Crippen LogP contribution < -0.4 is 5.32 Å². The van der Waals surface area contributed by atoms with E-state index in [-0.39, 0.29) is 11.8 Å². The van der Waals surface area contributed by atoms with Gasteiger partial charge in [0.15, 0.2) is 0 Å². The first kappa shape index (κ1) is 12.3. The van der Waals surface area contributed by atoms with Gasteiger partial charge in [-0.3, -0.25) is 4.79 Å². The zero-order valence-electron chi connectivity index (χ0n) is 10.2. The number of anilines is 1. The van der Waals surface area contributed by atoms with Gasteiger partial charge in [-0.15, -0.1) is 11.8 Å². The first-order valence-electron chi connectivity index (χ1n) is 6.12. The fourth-order valence-corrected chi connectivity index (χ4v) is 3.72. The maximum atomic E-state index is 12.5. The number of nitrogens with zero attached hydrogens (tertiary/aromatic N) is 1. The third-order valence-electron chi connectivity index (χ3n) is 3.58. The summed E-state index contributed by atoms with van der Waals surface area (Å²) in [7, 11) is 0. The first-order chi connectivity index (χ1) is 9.18. The molecule has 2 N–H and O–H groups in total. The monoisotopic (exact) mass is 278 g/mol. The van der Waals surface area contributed by atoms with Gasteiger partial charge >= 0.3 is 5.97 Å². The Labute approximate surface area is 115 Å². The van der Waals surface area contributed by atoms with Gasteiger partial charge in [0.1, 0.15) is 6.04 Å². The highest BCUT2D eigenvalue weighted by molar-refractivity contribution is 7.99. The number of benzene rings is 1. The average molecular weight is 278 g/mol. The van der Waals surface area contributed by atoms with Crippen molar-refractivity contribution in [1.29, 1.82) is 0 Å². The number of carbonyl (C=O) groups excluding carboxylic acids is 1. The van der Waals surface area contributed by atoms with Crippen molar-refractivity contribution in [2.75, 3.05) is 23.5 Å². The van der Waals surface area contributed by atoms with Crippen LogP contribution in [0.15, 0.2) is 24.3 Å². The molecule has 2 unspecified atom stereocenters. The molecule has 1 amide bonds. The van der Waals surface area contributed by atoms with Crippen molar-refractivity contribution in [2.24, 2.45) is 0 Å². The van der Waals surface area contributed by atoms with E-state index >= 15 is 0 Å². The number of rotatable bonds is 2. The summed E-state index contributed by atoms with van der Waals surface area (Å²) in [6.07, 6.45) is 0. The number of thioether (sulfide) groups is 1. The van der Waals surface area contributed by atoms with Crippen molar-refractivity contribution in [1.82, 2.24) is 4.90 Å². The largest absolute Gasteiger partial charge is 0.480 e. The lowest BCUT2D eigenvalue weighted by Crippen LogP contribution is -2.44. The van der Waals surface area contributed by atoms with E-state index in [2.05, 4.69) is 5.32 Å². The normalized spacial score (nSPS) is 24.9. The van der Waals surface area contributed by atoms with Gasteiger partial charge in [0.25, 0.3) is 0 Å². The van der Waals surface area contributed by atoms with Crippen molar-refractivity contribution in [3.8, 4) is 0 Å². The predicted molar refractivity (Wildman–Crippen MR) is 73.3 cm³/mol. The van der Waals surface area contributed by atoms with E-state index in [4.69, 9.17) is 5.11 Å². The number of aliphatic carboxylic acids is 1. The van der Waals surface area contributed by atoms with Gasteiger partial charge in [-0.05, 0) is 11.6 Å². The van der Waals surface area contributed by atoms with Gasteiger partial charge < -0.3 is 15.3 Å². The molecule has 2 heterocycles. The molecule has 2 atom stereocenters. The van der Waals surface area contributed by atoms with Gasteiger partial charge in [-0.25, -0.2) is 4.79 Å². The van der Waals surface area contributed by atoms with Crippen LogP contribution >= 0.6 is 11.8 Å². The quantitative estimate of drug-likeness (QED) is 0.850. The molecule has 1 aromatic carbocycles. The molecule has 0 bridgehead atoms. The molecule has 0 radical (unpaired) electrons. The SMILES string of the molecule is O=C(O)C1CSCN1C(=O)C1CNc2ccccc21. The lowest BCUT2D eigenvalue weighted by Gasteiger charge is -2.23. The van der Waals surface area contributed by atoms with Crippen LogP contribution in [0.1, 0.15) is 11.5 Å². The number of carboxylic acids is 1. The molecule has 0 saturated carbocycles. The minimum Gasteiger partial charge on any atom is -0.480 e. The Morgan fingerprint density at radius 3 is 2.95 bits per heavy atom. The van der Waals surface area contributed by atoms with Gasteiger partial charge in [0.05, 0.1) is 11.8 Å². The van der Waals surface area contributed by atoms with Gasteiger partial charge in [-0.2, -0.15) is 0 Å². The maximum absolute atomic E-state index is 12.5. The minimum absolute atomic E-state index is 0.0881. The Morgan fingerprint density at radius 2 is 2.16 bits per heavy atom. The molecule has 1 aromatic rings. The molecule has 0 spiro atoms. The van der Waals surface area contributed by atoms with E-state index < -0.39 is 12.0 Å². The minimum atomic E-state index is -0.919. The van der Waals surface area contributed by atoms with Crippen LogP contribution in [0.4, 0.5) is 5.69 Å². The molecular weight excluding hydrogens is 264 g/mol. The molecule has 2 aliphatic rings. The van der Waals surface area contributed by atoms with Gasteiger partial charge in [0, 0.05) is 18.0 Å². The van der Waals surface area contributed by atoms with Crippen LogP contribution in [0.25, 0.3) is 0 Å². The van der Waals surface area contributed by atoms with E-state index in [1.54, 1.807) is 0 Å². The highest BCUT2D eigenvalue weighted by atomic mass is 32.2. The molecule has 19 heavy (non-hydrogen) atoms. The van der Waals surface area contributed by atoms with E-state index in [1.807, 2.05) is 24.3 Å². The third-order valence-corrected chi connectivity index (χ3v) is 4.59. The number of para-hydroxylation sites is 1. The summed E-state index contributed by atoms with van der Waals surface area (Å²) in [6.45, 7) is 0.547. The number of hydrogen-bond donors (Lipinski definition) is 2. The van der Waals surface area contributed by atoms with E-state index in [9.17, 15) is 9.59 Å². The zero-order chi connectivity index (χ0) is 13.4. The van der Waals surface area contributed by atoms with Crippen molar-refractivity contribution in [3.05, 3.63) is 29.8 Å². The second-order valence-corrected chi connectivity index (χ2v) is 5.68. The summed E-state index contributed by atoms with van der Waals surface area (Å²) in [6, 6.07) is 7.00. The van der Waals surface area contributed by atoms with E-state index in [0.717, 1.165) is 11.3 Å². The molecule has 100 valence electrons. The summed E-state index contributed by atoms with van der Waals surface area (Å²) < 4.78 is 0. The number of fused-ring (bicyclic) bond motifs is 1. The number of carboxylic acid groups (broad SMARTS) is 1. The van der Waals surface area contributed by atoms with Crippen molar-refractivity contribution in [2.45, 2.75) is 12.0 Å². The number of hydrogen-bond acceptors (Lipinski definition) is 4. The molecule has 1 fully saturated rings. The lowest BCUT2D eigenvalue weighted by atomic mass is 9.99. The zero-order valence-corrected chi connectivity index (χ0v) is 11.0. The van der Waals surface area contributed by atoms with Gasteiger partial charge in [0.2, 0.25) is 5.91 Å². The molecule has 0 aliphatic carbocycles. The van der Waals surface area contributed by atoms with Gasteiger partial charge in [-0.1, -0.05) is 18.2 Å². The van der Waals surface area contributed by atoms with Crippen LogP contribution in [0.2, 0.25) is 0 Å². The molecule has 1 saturated heterocycles. The maximum Gasteiger partial charge on any atom is 0.327 e. The summed E-state index contributed by atoms with van der Waals surface area (Å²) in [5.41, 5.74) is 1.94. The first-order valence-corrected chi connectivity index (χ1v) is 7.28. The van der Waals surface area contributed by atoms with Crippen LogP contribution in [0.3, 0.4) is 0 Å². The average Bonchev–Trinajstić information content (AvgIpc) is 3.05. The molecule has 5 nitrogen and oxygen atoms in total. The molecule has 0 aromatic heterocycles. The molecule has 3 rings (SSSR count). The molecular formula is C13H14N2O3S. The summed E-state index contributed by atoms with van der Waals surface area (Å²) in [5.74, 6) is -0.332.